The summed E-state index contributed by atoms with van der Waals surface area (Å²) in [4.78, 5) is 26.4. The zero-order valence-corrected chi connectivity index (χ0v) is 22.3. The molecule has 6 rings (SSSR count). The smallest absolute Gasteiger partial charge is 0.461 e. The number of carbonyl (C=O) groups is 2. The van der Waals surface area contributed by atoms with Gasteiger partial charge < -0.3 is 27.1 Å². The molecule has 0 atom stereocenters. The molecule has 0 amide bonds. The summed E-state index contributed by atoms with van der Waals surface area (Å²) in [7, 11) is 0. The van der Waals surface area contributed by atoms with Gasteiger partial charge in [-0.3, -0.25) is 0 Å². The summed E-state index contributed by atoms with van der Waals surface area (Å²) in [5.74, 6) is -14.2. The van der Waals surface area contributed by atoms with Gasteiger partial charge in [0.1, 0.15) is 5.69 Å². The van der Waals surface area contributed by atoms with Gasteiger partial charge in [-0.1, -0.05) is 36.4 Å². The molecule has 0 aliphatic carbocycles. The zero-order chi connectivity index (χ0) is 31.0. The number of benzene rings is 3. The van der Waals surface area contributed by atoms with Gasteiger partial charge in [0, 0.05) is 16.5 Å². The van der Waals surface area contributed by atoms with Crippen molar-refractivity contribution >= 4 is 46.7 Å². The Balaban J connectivity index is 1.93. The highest BCUT2D eigenvalue weighted by molar-refractivity contribution is 6.63. The van der Waals surface area contributed by atoms with E-state index in [0.29, 0.717) is 0 Å². The monoisotopic (exact) mass is 602 g/mol. The standard InChI is InChI=1S/C29H18BF7N2O4/c1-3-42-28(40)26-15-11-7-5-9-13(15)24-18(17-19(31)21(33)23(35)22(34)20(17)32)25-14-10-6-8-12-16(14)27(29(41)43-4-2)39(25)30(36,37)38(24)26/h5-12H,3-4H2,1-2H3. The van der Waals surface area contributed by atoms with Crippen molar-refractivity contribution in [3.63, 3.8) is 0 Å². The molecule has 0 unspecified atom stereocenters. The van der Waals surface area contributed by atoms with Crippen LogP contribution in [0.4, 0.5) is 30.6 Å². The van der Waals surface area contributed by atoms with Gasteiger partial charge in [0.25, 0.3) is 5.71 Å². The highest BCUT2D eigenvalue weighted by Crippen LogP contribution is 2.50. The van der Waals surface area contributed by atoms with Crippen LogP contribution in [-0.4, -0.2) is 46.8 Å². The van der Waals surface area contributed by atoms with Gasteiger partial charge in [-0.05, 0) is 26.0 Å². The number of hydrogen-bond donors (Lipinski definition) is 0. The van der Waals surface area contributed by atoms with Crippen molar-refractivity contribution in [3.8, 4) is 0 Å². The van der Waals surface area contributed by atoms with Crippen molar-refractivity contribution in [1.82, 2.24) is 4.48 Å². The van der Waals surface area contributed by atoms with Gasteiger partial charge >= 0.3 is 18.9 Å². The fourth-order valence-electron chi connectivity index (χ4n) is 5.77. The van der Waals surface area contributed by atoms with E-state index >= 15 is 17.4 Å². The molecule has 0 saturated carbocycles. The topological polar surface area (TPSA) is 60.5 Å². The van der Waals surface area contributed by atoms with E-state index < -0.39 is 81.9 Å². The molecule has 4 aromatic rings. The fourth-order valence-corrected chi connectivity index (χ4v) is 5.77. The molecule has 0 fully saturated rings. The minimum Gasteiger partial charge on any atom is -0.461 e. The van der Waals surface area contributed by atoms with Gasteiger partial charge in [-0.15, -0.1) is 0 Å². The molecule has 220 valence electrons. The third-order valence-electron chi connectivity index (χ3n) is 7.33. The van der Waals surface area contributed by atoms with E-state index in [-0.39, 0.29) is 44.1 Å². The Labute approximate surface area is 238 Å². The number of hydrogen-bond acceptors (Lipinski definition) is 4. The molecule has 14 heteroatoms. The molecule has 3 aromatic carbocycles. The quantitative estimate of drug-likeness (QED) is 0.0919. The Bertz CT molecular complexity index is 1950. The number of halogens is 7. The van der Waals surface area contributed by atoms with Gasteiger partial charge in [0.15, 0.2) is 29.0 Å². The maximum Gasteiger partial charge on any atom is 0.738 e. The van der Waals surface area contributed by atoms with E-state index in [0.717, 1.165) is 0 Å². The Morgan fingerprint density at radius 1 is 0.744 bits per heavy atom. The van der Waals surface area contributed by atoms with Crippen LogP contribution >= 0.6 is 0 Å². The maximum atomic E-state index is 17.1. The number of fused-ring (bicyclic) bond motifs is 6. The highest BCUT2D eigenvalue weighted by Gasteiger charge is 2.60. The van der Waals surface area contributed by atoms with Crippen LogP contribution in [0, 0.1) is 29.1 Å². The summed E-state index contributed by atoms with van der Waals surface area (Å²) in [5.41, 5.74) is -5.63. The van der Waals surface area contributed by atoms with Crippen molar-refractivity contribution in [2.24, 2.45) is 0 Å². The summed E-state index contributed by atoms with van der Waals surface area (Å²) >= 11 is 0. The van der Waals surface area contributed by atoms with Gasteiger partial charge in [-0.2, -0.15) is 0 Å². The second-order valence-corrected chi connectivity index (χ2v) is 9.57. The predicted octanol–water partition coefficient (Wildman–Crippen LogP) is 6.04. The largest absolute Gasteiger partial charge is 0.738 e. The van der Waals surface area contributed by atoms with Crippen molar-refractivity contribution in [2.75, 3.05) is 13.2 Å². The Kier molecular flexibility index (Phi) is 6.47. The summed E-state index contributed by atoms with van der Waals surface area (Å²) in [6.07, 6.45) is 0. The average molecular weight is 602 g/mol. The molecule has 0 spiro atoms. The lowest BCUT2D eigenvalue weighted by Crippen LogP contribution is -2.53. The molecular weight excluding hydrogens is 584 g/mol. The normalized spacial score (nSPS) is 15.0. The van der Waals surface area contributed by atoms with Gasteiger partial charge in [-0.25, -0.2) is 31.5 Å². The van der Waals surface area contributed by atoms with E-state index in [1.54, 1.807) is 0 Å². The van der Waals surface area contributed by atoms with Crippen LogP contribution in [0.25, 0.3) is 22.0 Å². The van der Waals surface area contributed by atoms with Crippen molar-refractivity contribution in [1.29, 1.82) is 0 Å². The lowest BCUT2D eigenvalue weighted by Gasteiger charge is -2.33. The molecule has 0 saturated heterocycles. The number of carbonyl (C=O) groups excluding carboxylic acids is 2. The van der Waals surface area contributed by atoms with Crippen LogP contribution in [0.1, 0.15) is 46.7 Å². The molecule has 1 aromatic heterocycles. The summed E-state index contributed by atoms with van der Waals surface area (Å²) in [6, 6.07) is 10.6. The molecule has 0 bridgehead atoms. The first-order valence-corrected chi connectivity index (χ1v) is 13.0. The van der Waals surface area contributed by atoms with Crippen molar-refractivity contribution < 1.29 is 54.1 Å². The van der Waals surface area contributed by atoms with Crippen molar-refractivity contribution in [2.45, 2.75) is 13.8 Å². The van der Waals surface area contributed by atoms with Crippen LogP contribution in [-0.2, 0) is 14.3 Å². The fraction of sp³-hybridized carbons (Fsp3) is 0.138. The number of rotatable bonds is 5. The first kappa shape index (κ1) is 28.3. The third kappa shape index (κ3) is 3.71. The molecule has 3 heterocycles. The lowest BCUT2D eigenvalue weighted by molar-refractivity contribution is -0.319. The number of nitrogens with zero attached hydrogens (tertiary/aromatic N) is 2. The SMILES string of the molecule is CCOC(=O)C1=[N+]2C(=C(c3c(F)c(F)c(F)c(F)c3F)c3c4ccccc4c(C(=O)OCC)n3[B-]2(F)F)c2ccccc21. The highest BCUT2D eigenvalue weighted by atomic mass is 19.2. The minimum absolute atomic E-state index is 0.147. The first-order chi connectivity index (χ1) is 20.5. The first-order valence-electron chi connectivity index (χ1n) is 13.0. The van der Waals surface area contributed by atoms with Gasteiger partial charge in [0.2, 0.25) is 5.82 Å². The Hall–Kier alpha value is -4.88. The summed E-state index contributed by atoms with van der Waals surface area (Å²) < 4.78 is 119. The number of ether oxygens (including phenoxy) is 2. The van der Waals surface area contributed by atoms with Crippen LogP contribution in [0.5, 0.6) is 0 Å². The van der Waals surface area contributed by atoms with Crippen LogP contribution in [0.3, 0.4) is 0 Å². The second kappa shape index (κ2) is 9.85. The van der Waals surface area contributed by atoms with E-state index in [1.165, 1.54) is 62.4 Å². The van der Waals surface area contributed by atoms with Crippen LogP contribution in [0.2, 0.25) is 0 Å². The van der Waals surface area contributed by atoms with E-state index in [1.807, 2.05) is 0 Å². The lowest BCUT2D eigenvalue weighted by atomic mass is 9.83. The summed E-state index contributed by atoms with van der Waals surface area (Å²) in [6.45, 7) is -2.94. The third-order valence-corrected chi connectivity index (χ3v) is 7.33. The molecule has 43 heavy (non-hydrogen) atoms. The van der Waals surface area contributed by atoms with E-state index in [2.05, 4.69) is 0 Å². The average Bonchev–Trinajstić information content (AvgIpc) is 3.53. The number of esters is 2. The van der Waals surface area contributed by atoms with Gasteiger partial charge in [0.05, 0.1) is 35.5 Å². The molecule has 2 aliphatic heterocycles. The Morgan fingerprint density at radius 3 is 1.86 bits per heavy atom. The molecule has 6 nitrogen and oxygen atoms in total. The molecular formula is C29H18BF7N2O4. The molecule has 0 radical (unpaired) electrons. The maximum absolute atomic E-state index is 17.1. The van der Waals surface area contributed by atoms with Crippen LogP contribution < -0.4 is 0 Å². The van der Waals surface area contributed by atoms with Crippen molar-refractivity contribution in [3.05, 3.63) is 106 Å². The van der Waals surface area contributed by atoms with E-state index in [9.17, 15) is 22.8 Å². The van der Waals surface area contributed by atoms with Crippen LogP contribution in [0.15, 0.2) is 48.5 Å². The minimum atomic E-state index is -5.30. The number of aromatic nitrogens is 1. The second-order valence-electron chi connectivity index (χ2n) is 9.57. The Morgan fingerprint density at radius 2 is 1.26 bits per heavy atom. The molecule has 2 aliphatic rings. The van der Waals surface area contributed by atoms with E-state index in [4.69, 9.17) is 9.47 Å². The zero-order valence-electron chi connectivity index (χ0n) is 22.3. The predicted molar refractivity (Wildman–Crippen MR) is 141 cm³/mol. The summed E-state index contributed by atoms with van der Waals surface area (Å²) in [5, 5.41) is -0.313. The molecule has 0 N–H and O–H groups in total.